The molecular formula is C21H35N3O. The van der Waals surface area contributed by atoms with Crippen LogP contribution in [0.4, 0.5) is 0 Å². The van der Waals surface area contributed by atoms with Gasteiger partial charge in [-0.3, -0.25) is 9.98 Å². The van der Waals surface area contributed by atoms with Crippen molar-refractivity contribution >= 4 is 11.9 Å². The van der Waals surface area contributed by atoms with Crippen molar-refractivity contribution in [3.05, 3.63) is 53.9 Å². The number of aromatic nitrogens is 1. The van der Waals surface area contributed by atoms with Crippen LogP contribution in [0.5, 0.6) is 0 Å². The summed E-state index contributed by atoms with van der Waals surface area (Å²) >= 11 is 0. The zero-order chi connectivity index (χ0) is 19.5. The molecule has 0 amide bonds. The Bertz CT molecular complexity index is 531. The Morgan fingerprint density at radius 2 is 1.88 bits per heavy atom. The summed E-state index contributed by atoms with van der Waals surface area (Å²) < 4.78 is 0. The molecule has 2 heterocycles. The molecule has 0 saturated heterocycles. The molecule has 0 aliphatic carbocycles. The molecule has 1 atom stereocenters. The lowest BCUT2D eigenvalue weighted by atomic mass is 10.0. The van der Waals surface area contributed by atoms with Crippen LogP contribution in [-0.4, -0.2) is 30.1 Å². The van der Waals surface area contributed by atoms with E-state index < -0.39 is 0 Å². The van der Waals surface area contributed by atoms with Crippen LogP contribution in [0.3, 0.4) is 0 Å². The highest BCUT2D eigenvalue weighted by Gasteiger charge is 2.24. The summed E-state index contributed by atoms with van der Waals surface area (Å²) in [5.41, 5.74) is 3.01. The van der Waals surface area contributed by atoms with E-state index in [2.05, 4.69) is 15.1 Å². The number of oxime groups is 1. The Morgan fingerprint density at radius 1 is 1.20 bits per heavy atom. The quantitative estimate of drug-likeness (QED) is 0.507. The predicted octanol–water partition coefficient (Wildman–Crippen LogP) is 5.86. The van der Waals surface area contributed by atoms with E-state index in [1.54, 1.807) is 25.7 Å². The molecule has 1 aliphatic heterocycles. The second-order valence-corrected chi connectivity index (χ2v) is 4.15. The normalized spacial score (nSPS) is 15.9. The molecule has 0 N–H and O–H groups in total. The van der Waals surface area contributed by atoms with Crippen LogP contribution >= 0.6 is 0 Å². The fourth-order valence-corrected chi connectivity index (χ4v) is 1.88. The number of pyridine rings is 1. The first-order valence-electron chi connectivity index (χ1n) is 9.23. The molecule has 1 aromatic rings. The zero-order valence-electron chi connectivity index (χ0n) is 17.2. The summed E-state index contributed by atoms with van der Waals surface area (Å²) in [4.78, 5) is 13.6. The maximum Gasteiger partial charge on any atom is 0.158 e. The molecule has 1 aromatic heterocycles. The fraction of sp³-hybridized carbons (Fsp3) is 0.476. The van der Waals surface area contributed by atoms with Crippen molar-refractivity contribution in [3.8, 4) is 0 Å². The zero-order valence-corrected chi connectivity index (χ0v) is 17.2. The molecule has 0 spiro atoms. The van der Waals surface area contributed by atoms with Gasteiger partial charge in [0, 0.05) is 37.6 Å². The third-order valence-corrected chi connectivity index (χ3v) is 2.81. The van der Waals surface area contributed by atoms with Gasteiger partial charge in [0.15, 0.2) is 6.10 Å². The van der Waals surface area contributed by atoms with Crippen LogP contribution < -0.4 is 0 Å². The second-order valence-electron chi connectivity index (χ2n) is 4.15. The first-order valence-corrected chi connectivity index (χ1v) is 9.23. The Balaban J connectivity index is 0. The van der Waals surface area contributed by atoms with Gasteiger partial charge >= 0.3 is 0 Å². The fourth-order valence-electron chi connectivity index (χ4n) is 1.88. The maximum atomic E-state index is 5.51. The van der Waals surface area contributed by atoms with Crippen molar-refractivity contribution in [1.82, 2.24) is 4.98 Å². The summed E-state index contributed by atoms with van der Waals surface area (Å²) in [6.45, 7) is 14.0. The van der Waals surface area contributed by atoms with Crippen molar-refractivity contribution < 1.29 is 4.84 Å². The summed E-state index contributed by atoms with van der Waals surface area (Å²) in [7, 11) is 1.75. The van der Waals surface area contributed by atoms with Crippen molar-refractivity contribution in [2.45, 2.75) is 61.0 Å². The van der Waals surface area contributed by atoms with Crippen LogP contribution in [0.1, 0.15) is 60.5 Å². The molecule has 0 bridgehead atoms. The maximum absolute atomic E-state index is 5.51. The van der Waals surface area contributed by atoms with Crippen LogP contribution in [0, 0.1) is 0 Å². The summed E-state index contributed by atoms with van der Waals surface area (Å²) in [5, 5.41) is 4.16. The molecule has 2 rings (SSSR count). The lowest BCUT2D eigenvalue weighted by Gasteiger charge is -2.08. The van der Waals surface area contributed by atoms with E-state index >= 15 is 0 Å². The second kappa shape index (κ2) is 18.1. The van der Waals surface area contributed by atoms with Crippen molar-refractivity contribution in [2.75, 3.05) is 7.05 Å². The van der Waals surface area contributed by atoms with E-state index in [4.69, 9.17) is 4.84 Å². The van der Waals surface area contributed by atoms with Crippen LogP contribution in [0.2, 0.25) is 0 Å². The third kappa shape index (κ3) is 9.60. The average molecular weight is 346 g/mol. The van der Waals surface area contributed by atoms with E-state index in [9.17, 15) is 0 Å². The van der Waals surface area contributed by atoms with Crippen LogP contribution in [0.25, 0.3) is 0 Å². The Morgan fingerprint density at radius 3 is 2.40 bits per heavy atom. The van der Waals surface area contributed by atoms with Crippen LogP contribution in [0.15, 0.2) is 58.5 Å². The van der Waals surface area contributed by atoms with Gasteiger partial charge in [0.2, 0.25) is 0 Å². The highest BCUT2D eigenvalue weighted by atomic mass is 16.6. The van der Waals surface area contributed by atoms with Gasteiger partial charge < -0.3 is 4.84 Å². The Kier molecular flexibility index (Phi) is 18.1. The van der Waals surface area contributed by atoms with E-state index in [-0.39, 0.29) is 6.10 Å². The molecule has 4 nitrogen and oxygen atoms in total. The topological polar surface area (TPSA) is 46.8 Å². The number of allylic oxidation sites excluding steroid dienone is 2. The molecule has 0 saturated carbocycles. The number of rotatable bonds is 4. The van der Waals surface area contributed by atoms with Gasteiger partial charge in [0.25, 0.3) is 0 Å². The summed E-state index contributed by atoms with van der Waals surface area (Å²) in [5.74, 6) is 0. The molecule has 0 aromatic carbocycles. The smallest absolute Gasteiger partial charge is 0.158 e. The lowest BCUT2D eigenvalue weighted by molar-refractivity contribution is 0.114. The lowest BCUT2D eigenvalue weighted by Crippen LogP contribution is -2.11. The number of hydrogen-bond acceptors (Lipinski definition) is 4. The van der Waals surface area contributed by atoms with Gasteiger partial charge in [-0.05, 0) is 30.7 Å². The van der Waals surface area contributed by atoms with E-state index in [1.165, 1.54) is 0 Å². The van der Waals surface area contributed by atoms with E-state index in [1.807, 2.05) is 78.8 Å². The van der Waals surface area contributed by atoms with E-state index in [0.29, 0.717) is 0 Å². The van der Waals surface area contributed by atoms with Gasteiger partial charge in [0.05, 0.1) is 5.71 Å². The molecule has 0 radical (unpaired) electrons. The Labute approximate surface area is 154 Å². The first-order chi connectivity index (χ1) is 12.3. The molecule has 0 fully saturated rings. The standard InChI is InChI=1S/C15H17N3O.3C2H6/c1-3-5-12(7-9-16-2)15-10-14(18-19-15)13-6-4-8-17-11-13;3*1-2/h3-9,11,15H,10H2,1-2H3;3*1-2H3/b5-3-,12-7+,16-9?;;;. The molecule has 1 unspecified atom stereocenters. The van der Waals surface area contributed by atoms with Crippen molar-refractivity contribution in [1.29, 1.82) is 0 Å². The highest BCUT2D eigenvalue weighted by Crippen LogP contribution is 2.22. The van der Waals surface area contributed by atoms with Gasteiger partial charge in [-0.25, -0.2) is 0 Å². The minimum atomic E-state index is -0.0515. The molecule has 4 heteroatoms. The Hall–Kier alpha value is -2.23. The van der Waals surface area contributed by atoms with Gasteiger partial charge in [-0.15, -0.1) is 0 Å². The molecular weight excluding hydrogens is 310 g/mol. The summed E-state index contributed by atoms with van der Waals surface area (Å²) in [6, 6.07) is 3.89. The van der Waals surface area contributed by atoms with Crippen molar-refractivity contribution in [2.24, 2.45) is 10.1 Å². The largest absolute Gasteiger partial charge is 0.387 e. The predicted molar refractivity (Wildman–Crippen MR) is 112 cm³/mol. The van der Waals surface area contributed by atoms with Crippen LogP contribution in [-0.2, 0) is 4.84 Å². The van der Waals surface area contributed by atoms with E-state index in [0.717, 1.165) is 23.3 Å². The molecule has 1 aliphatic rings. The number of nitrogens with zero attached hydrogens (tertiary/aromatic N) is 3. The van der Waals surface area contributed by atoms with Gasteiger partial charge in [-0.2, -0.15) is 0 Å². The van der Waals surface area contributed by atoms with Gasteiger partial charge in [-0.1, -0.05) is 58.9 Å². The van der Waals surface area contributed by atoms with Crippen molar-refractivity contribution in [3.63, 3.8) is 0 Å². The molecule has 25 heavy (non-hydrogen) atoms. The third-order valence-electron chi connectivity index (χ3n) is 2.81. The first kappa shape index (κ1) is 25.0. The molecule has 140 valence electrons. The summed E-state index contributed by atoms with van der Waals surface area (Å²) in [6.07, 6.45) is 12.0. The van der Waals surface area contributed by atoms with Gasteiger partial charge in [0.1, 0.15) is 0 Å². The monoisotopic (exact) mass is 345 g/mol. The minimum Gasteiger partial charge on any atom is -0.387 e. The average Bonchev–Trinajstić information content (AvgIpc) is 3.20. The number of aliphatic imine (C=N–C) groups is 1. The highest BCUT2D eigenvalue weighted by molar-refractivity contribution is 6.01. The number of hydrogen-bond donors (Lipinski definition) is 0. The minimum absolute atomic E-state index is 0.0515. The SMILES string of the molecule is C/C=C\C(=C/C=NC)C1CC(c2cccnc2)=NO1.CC.CC.CC.